The molecule has 0 amide bonds. The molecule has 2 aromatic rings. The Morgan fingerprint density at radius 2 is 2.05 bits per heavy atom. The van der Waals surface area contributed by atoms with Crippen LogP contribution in [0.2, 0.25) is 5.02 Å². The number of nitrogens with zero attached hydrogens (tertiary/aromatic N) is 1. The van der Waals surface area contributed by atoms with Crippen molar-refractivity contribution in [2.75, 3.05) is 7.05 Å². The highest BCUT2D eigenvalue weighted by Gasteiger charge is 2.09. The predicted molar refractivity (Wildman–Crippen MR) is 75.4 cm³/mol. The average molecular weight is 273 g/mol. The number of rotatable bonds is 4. The molecule has 0 unspecified atom stereocenters. The minimum absolute atomic E-state index is 0.397. The fourth-order valence-electron chi connectivity index (χ4n) is 1.74. The molecule has 2 rings (SSSR count). The maximum Gasteiger partial charge on any atom is 0.163 e. The number of hydrogen-bond donors (Lipinski definition) is 1. The molecule has 0 saturated heterocycles. The molecule has 4 heteroatoms. The largest absolute Gasteiger partial charge is 0.454 e. The maximum atomic E-state index is 9.06. The molecule has 0 radical (unpaired) electrons. The molecule has 0 spiro atoms. The van der Waals surface area contributed by atoms with Crippen molar-refractivity contribution >= 4 is 11.6 Å². The summed E-state index contributed by atoms with van der Waals surface area (Å²) >= 11 is 6.07. The lowest BCUT2D eigenvalue weighted by Gasteiger charge is -2.10. The summed E-state index contributed by atoms with van der Waals surface area (Å²) in [4.78, 5) is 0. The Labute approximate surface area is 117 Å². The number of nitrogens with one attached hydrogen (secondary N) is 1. The van der Waals surface area contributed by atoms with Gasteiger partial charge in [0.1, 0.15) is 11.8 Å². The number of nitriles is 1. The lowest BCUT2D eigenvalue weighted by Crippen LogP contribution is -2.04. The third-order valence-electron chi connectivity index (χ3n) is 2.59. The van der Waals surface area contributed by atoms with Crippen LogP contribution in [0.4, 0.5) is 0 Å². The zero-order valence-corrected chi connectivity index (χ0v) is 11.2. The first kappa shape index (κ1) is 13.4. The van der Waals surface area contributed by atoms with Crippen molar-refractivity contribution < 1.29 is 4.74 Å². The van der Waals surface area contributed by atoms with Gasteiger partial charge < -0.3 is 10.1 Å². The monoisotopic (exact) mass is 272 g/mol. The minimum atomic E-state index is 0.397. The van der Waals surface area contributed by atoms with Gasteiger partial charge in [0.15, 0.2) is 5.75 Å². The summed E-state index contributed by atoms with van der Waals surface area (Å²) in [6.45, 7) is 0.755. The molecule has 0 aliphatic heterocycles. The van der Waals surface area contributed by atoms with E-state index in [0.29, 0.717) is 22.1 Å². The van der Waals surface area contributed by atoms with Gasteiger partial charge in [-0.05, 0) is 36.9 Å². The third kappa shape index (κ3) is 3.25. The summed E-state index contributed by atoms with van der Waals surface area (Å²) in [7, 11) is 1.88. The highest BCUT2D eigenvalue weighted by molar-refractivity contribution is 6.32. The Balaban J connectivity index is 2.31. The van der Waals surface area contributed by atoms with E-state index in [4.69, 9.17) is 21.6 Å². The second kappa shape index (κ2) is 6.24. The Morgan fingerprint density at radius 3 is 2.79 bits per heavy atom. The highest BCUT2D eigenvalue weighted by atomic mass is 35.5. The number of para-hydroxylation sites is 1. The first-order valence-electron chi connectivity index (χ1n) is 5.84. The Kier molecular flexibility index (Phi) is 4.40. The van der Waals surface area contributed by atoms with E-state index in [1.54, 1.807) is 18.2 Å². The van der Waals surface area contributed by atoms with Crippen molar-refractivity contribution in [3.8, 4) is 17.6 Å². The molecule has 3 nitrogen and oxygen atoms in total. The molecular formula is C15H13ClN2O. The van der Waals surface area contributed by atoms with Gasteiger partial charge in [0, 0.05) is 6.54 Å². The summed E-state index contributed by atoms with van der Waals surface area (Å²) in [6, 6.07) is 14.8. The lowest BCUT2D eigenvalue weighted by atomic mass is 10.2. The first-order chi connectivity index (χ1) is 9.24. The predicted octanol–water partition coefficient (Wildman–Crippen LogP) is 3.72. The van der Waals surface area contributed by atoms with Crippen molar-refractivity contribution in [3.63, 3.8) is 0 Å². The number of hydrogen-bond acceptors (Lipinski definition) is 3. The molecule has 1 N–H and O–H groups in total. The molecule has 2 aromatic carbocycles. The molecule has 0 bridgehead atoms. The fourth-order valence-corrected chi connectivity index (χ4v) is 1.95. The van der Waals surface area contributed by atoms with Crippen molar-refractivity contribution in [2.24, 2.45) is 0 Å². The van der Waals surface area contributed by atoms with E-state index in [9.17, 15) is 0 Å². The van der Waals surface area contributed by atoms with Crippen molar-refractivity contribution in [2.45, 2.75) is 6.54 Å². The van der Waals surface area contributed by atoms with Gasteiger partial charge in [-0.2, -0.15) is 5.26 Å². The van der Waals surface area contributed by atoms with Crippen LogP contribution in [-0.4, -0.2) is 7.05 Å². The van der Waals surface area contributed by atoms with Gasteiger partial charge in [-0.3, -0.25) is 0 Å². The molecule has 0 aliphatic rings. The van der Waals surface area contributed by atoms with Gasteiger partial charge in [-0.25, -0.2) is 0 Å². The lowest BCUT2D eigenvalue weighted by molar-refractivity contribution is 0.480. The zero-order chi connectivity index (χ0) is 13.7. The van der Waals surface area contributed by atoms with Crippen LogP contribution < -0.4 is 10.1 Å². The maximum absolute atomic E-state index is 9.06. The van der Waals surface area contributed by atoms with Crippen molar-refractivity contribution in [3.05, 3.63) is 58.6 Å². The van der Waals surface area contributed by atoms with Gasteiger partial charge >= 0.3 is 0 Å². The van der Waals surface area contributed by atoms with Gasteiger partial charge in [0.25, 0.3) is 0 Å². The smallest absolute Gasteiger partial charge is 0.163 e. The molecule has 0 atom stereocenters. The van der Waals surface area contributed by atoms with E-state index in [2.05, 4.69) is 11.4 Å². The van der Waals surface area contributed by atoms with Crippen LogP contribution in [0.15, 0.2) is 42.5 Å². The van der Waals surface area contributed by atoms with Crippen LogP contribution in [0, 0.1) is 11.3 Å². The van der Waals surface area contributed by atoms with Crippen LogP contribution in [-0.2, 0) is 6.54 Å². The van der Waals surface area contributed by atoms with Crippen molar-refractivity contribution in [1.82, 2.24) is 5.32 Å². The van der Waals surface area contributed by atoms with E-state index in [1.165, 1.54) is 0 Å². The Morgan fingerprint density at radius 1 is 1.26 bits per heavy atom. The topological polar surface area (TPSA) is 45.0 Å². The third-order valence-corrected chi connectivity index (χ3v) is 2.88. The fraction of sp³-hybridized carbons (Fsp3) is 0.133. The second-order valence-corrected chi connectivity index (χ2v) is 4.42. The van der Waals surface area contributed by atoms with E-state index >= 15 is 0 Å². The highest BCUT2D eigenvalue weighted by Crippen LogP contribution is 2.32. The first-order valence-corrected chi connectivity index (χ1v) is 6.22. The van der Waals surface area contributed by atoms with Crippen LogP contribution in [0.3, 0.4) is 0 Å². The van der Waals surface area contributed by atoms with Crippen LogP contribution >= 0.6 is 11.6 Å². The minimum Gasteiger partial charge on any atom is -0.454 e. The standard InChI is InChI=1S/C15H13ClN2O/c1-18-10-11-4-2-6-13(8-11)19-15-12(9-17)5-3-7-14(15)16/h2-8,18H,10H2,1H3. The molecule has 0 heterocycles. The summed E-state index contributed by atoms with van der Waals surface area (Å²) in [5.74, 6) is 1.06. The number of benzene rings is 2. The van der Waals surface area contributed by atoms with Gasteiger partial charge in [0.2, 0.25) is 0 Å². The van der Waals surface area contributed by atoms with E-state index in [-0.39, 0.29) is 0 Å². The van der Waals surface area contributed by atoms with E-state index in [1.807, 2.05) is 31.3 Å². The normalized spacial score (nSPS) is 9.95. The van der Waals surface area contributed by atoms with Gasteiger partial charge in [-0.15, -0.1) is 0 Å². The molecule has 0 aromatic heterocycles. The van der Waals surface area contributed by atoms with Crippen LogP contribution in [0.1, 0.15) is 11.1 Å². The SMILES string of the molecule is CNCc1cccc(Oc2c(Cl)cccc2C#N)c1. The summed E-state index contributed by atoms with van der Waals surface area (Å²) in [6.07, 6.45) is 0. The molecule has 0 fully saturated rings. The Bertz CT molecular complexity index is 620. The molecule has 19 heavy (non-hydrogen) atoms. The van der Waals surface area contributed by atoms with Crippen LogP contribution in [0.25, 0.3) is 0 Å². The quantitative estimate of drug-likeness (QED) is 0.922. The summed E-state index contributed by atoms with van der Waals surface area (Å²) in [5.41, 5.74) is 1.53. The average Bonchev–Trinajstić information content (AvgIpc) is 2.42. The van der Waals surface area contributed by atoms with Gasteiger partial charge in [-0.1, -0.05) is 29.8 Å². The summed E-state index contributed by atoms with van der Waals surface area (Å²) in [5, 5.41) is 12.6. The number of ether oxygens (including phenoxy) is 1. The Hall–Kier alpha value is -2.02. The van der Waals surface area contributed by atoms with Crippen molar-refractivity contribution in [1.29, 1.82) is 5.26 Å². The molecule has 0 saturated carbocycles. The van der Waals surface area contributed by atoms with Gasteiger partial charge in [0.05, 0.1) is 10.6 Å². The molecule has 96 valence electrons. The molecule has 0 aliphatic carbocycles. The summed E-state index contributed by atoms with van der Waals surface area (Å²) < 4.78 is 5.74. The second-order valence-electron chi connectivity index (χ2n) is 4.01. The van der Waals surface area contributed by atoms with E-state index in [0.717, 1.165) is 12.1 Å². The van der Waals surface area contributed by atoms with Crippen LogP contribution in [0.5, 0.6) is 11.5 Å². The number of halogens is 1. The molecular weight excluding hydrogens is 260 g/mol. The zero-order valence-electron chi connectivity index (χ0n) is 10.5. The van der Waals surface area contributed by atoms with E-state index < -0.39 is 0 Å².